The van der Waals surface area contributed by atoms with Gasteiger partial charge in [-0.1, -0.05) is 12.1 Å². The lowest BCUT2D eigenvalue weighted by atomic mass is 9.96. The Hall–Kier alpha value is -3.91. The third kappa shape index (κ3) is 11.8. The van der Waals surface area contributed by atoms with E-state index in [1.54, 1.807) is 0 Å². The molecular weight excluding hydrogens is 892 g/mol. The van der Waals surface area contributed by atoms with Gasteiger partial charge in [-0.15, -0.1) is 0 Å². The summed E-state index contributed by atoms with van der Waals surface area (Å²) in [7, 11) is 1.30. The molecule has 19 atom stereocenters. The van der Waals surface area contributed by atoms with E-state index in [4.69, 9.17) is 47.4 Å². The molecule has 0 spiro atoms. The molecule has 6 rings (SSSR count). The van der Waals surface area contributed by atoms with Crippen LogP contribution in [0.4, 0.5) is 0 Å². The molecule has 0 amide bonds. The van der Waals surface area contributed by atoms with E-state index >= 15 is 0 Å². The molecule has 25 nitrogen and oxygen atoms in total. The van der Waals surface area contributed by atoms with Gasteiger partial charge in [-0.2, -0.15) is 0 Å². The molecule has 0 aliphatic carbocycles. The topological polar surface area (TPSA) is 393 Å². The molecule has 4 heterocycles. The molecule has 0 aromatic heterocycles. The summed E-state index contributed by atoms with van der Waals surface area (Å²) in [5.74, 6) is -2.15. The first kappa shape index (κ1) is 51.5. The summed E-state index contributed by atoms with van der Waals surface area (Å²) in [4.78, 5) is 13.8. The van der Waals surface area contributed by atoms with Gasteiger partial charge in [0.25, 0.3) is 0 Å². The van der Waals surface area contributed by atoms with Crippen molar-refractivity contribution in [2.45, 2.75) is 123 Å². The molecule has 14 N–H and O–H groups in total. The first-order chi connectivity index (χ1) is 31.4. The minimum Gasteiger partial charge on any atom is -0.504 e. The van der Waals surface area contributed by atoms with Gasteiger partial charge in [-0.3, -0.25) is 0 Å². The second-order valence-corrected chi connectivity index (χ2v) is 15.8. The van der Waals surface area contributed by atoms with Crippen molar-refractivity contribution >= 4 is 12.0 Å². The van der Waals surface area contributed by atoms with Crippen molar-refractivity contribution < 1.29 is 124 Å². The van der Waals surface area contributed by atoms with E-state index in [0.717, 1.165) is 6.08 Å². The predicted molar refractivity (Wildman–Crippen MR) is 213 cm³/mol. The molecular formula is C41H56O25. The van der Waals surface area contributed by atoms with E-state index in [1.165, 1.54) is 49.6 Å². The summed E-state index contributed by atoms with van der Waals surface area (Å²) in [5, 5.41) is 146. The predicted octanol–water partition coefficient (Wildman–Crippen LogP) is -5.45. The summed E-state index contributed by atoms with van der Waals surface area (Å²) < 4.78 is 58.4. The van der Waals surface area contributed by atoms with Gasteiger partial charge >= 0.3 is 5.97 Å². The molecule has 4 fully saturated rings. The lowest BCUT2D eigenvalue weighted by Crippen LogP contribution is -2.67. The monoisotopic (exact) mass is 948 g/mol. The first-order valence-corrected chi connectivity index (χ1v) is 20.7. The number of phenols is 3. The number of carbonyl (C=O) groups is 1. The fourth-order valence-electron chi connectivity index (χ4n) is 7.52. The van der Waals surface area contributed by atoms with Crippen LogP contribution < -0.4 is 4.74 Å². The normalized spacial score (nSPS) is 38.6. The van der Waals surface area contributed by atoms with Gasteiger partial charge in [0, 0.05) is 6.08 Å². The summed E-state index contributed by atoms with van der Waals surface area (Å²) in [6.45, 7) is -3.40. The number of hydrogen-bond donors (Lipinski definition) is 14. The van der Waals surface area contributed by atoms with Gasteiger partial charge in [0.1, 0.15) is 85.5 Å². The zero-order chi connectivity index (χ0) is 48.0. The summed E-state index contributed by atoms with van der Waals surface area (Å²) in [5.41, 5.74) is 0.766. The van der Waals surface area contributed by atoms with E-state index < -0.39 is 161 Å². The van der Waals surface area contributed by atoms with Crippen LogP contribution in [0.2, 0.25) is 0 Å². The highest BCUT2D eigenvalue weighted by molar-refractivity contribution is 5.87. The fourth-order valence-corrected chi connectivity index (χ4v) is 7.52. The number of phenolic OH excluding ortho intramolecular Hbond substituents is 3. The van der Waals surface area contributed by atoms with Gasteiger partial charge in [0.05, 0.1) is 40.1 Å². The van der Waals surface area contributed by atoms with Crippen molar-refractivity contribution in [3.05, 3.63) is 53.6 Å². The van der Waals surface area contributed by atoms with Crippen molar-refractivity contribution in [1.82, 2.24) is 0 Å². The first-order valence-electron chi connectivity index (χ1n) is 20.7. The smallest absolute Gasteiger partial charge is 0.331 e. The van der Waals surface area contributed by atoms with Gasteiger partial charge in [-0.05, 0) is 47.9 Å². The minimum absolute atomic E-state index is 0.00338. The third-order valence-corrected chi connectivity index (χ3v) is 11.3. The Balaban J connectivity index is 1.41. The Kier molecular flexibility index (Phi) is 17.9. The lowest BCUT2D eigenvalue weighted by molar-refractivity contribution is -0.390. The number of aliphatic hydroxyl groups excluding tert-OH is 11. The molecule has 4 aliphatic heterocycles. The SMILES string of the molecule is COc1cc(/C=C/C(=O)O[C@H]2[C@H](O[C@@H]3O[C@H](CO)[C@@H](O)[C@H](O)[C@H]3O)[C@@H](O[C@@H]3OC[C@H](O)[C@H](O)[C@H]3O)[C@H](OCCc3ccc(O)c(O)c3)O[C@@H]2CO[C@@H]2O[C@H](CO)[C@@H](O)[C@H](O)[C@H]2O)ccc1O. The Morgan fingerprint density at radius 3 is 1.89 bits per heavy atom. The number of ether oxygens (including phenoxy) is 10. The van der Waals surface area contributed by atoms with Crippen molar-refractivity contribution in [2.24, 2.45) is 0 Å². The van der Waals surface area contributed by atoms with Crippen LogP contribution >= 0.6 is 0 Å². The van der Waals surface area contributed by atoms with Crippen LogP contribution in [0.25, 0.3) is 6.08 Å². The number of methoxy groups -OCH3 is 1. The number of esters is 1. The van der Waals surface area contributed by atoms with Crippen molar-refractivity contribution in [2.75, 3.05) is 40.1 Å². The molecule has 66 heavy (non-hydrogen) atoms. The second kappa shape index (κ2) is 22.9. The molecule has 0 unspecified atom stereocenters. The van der Waals surface area contributed by atoms with E-state index in [2.05, 4.69) is 0 Å². The maximum absolute atomic E-state index is 13.8. The van der Waals surface area contributed by atoms with E-state index in [1.807, 2.05) is 0 Å². The number of hydrogen-bond acceptors (Lipinski definition) is 25. The van der Waals surface area contributed by atoms with E-state index in [9.17, 15) is 76.3 Å². The van der Waals surface area contributed by atoms with Crippen molar-refractivity contribution in [3.63, 3.8) is 0 Å². The van der Waals surface area contributed by atoms with Crippen LogP contribution in [-0.4, -0.2) is 234 Å². The van der Waals surface area contributed by atoms with Crippen molar-refractivity contribution in [1.29, 1.82) is 0 Å². The number of rotatable bonds is 17. The van der Waals surface area contributed by atoms with E-state index in [-0.39, 0.29) is 24.5 Å². The van der Waals surface area contributed by atoms with Crippen LogP contribution in [0.5, 0.6) is 23.0 Å². The average Bonchev–Trinajstić information content (AvgIpc) is 3.30. The minimum atomic E-state index is -2.09. The largest absolute Gasteiger partial charge is 0.504 e. The average molecular weight is 949 g/mol. The molecule has 0 radical (unpaired) electrons. The quantitative estimate of drug-likeness (QED) is 0.0400. The van der Waals surface area contributed by atoms with Crippen LogP contribution in [0.15, 0.2) is 42.5 Å². The highest BCUT2D eigenvalue weighted by Crippen LogP contribution is 2.36. The molecule has 0 saturated carbocycles. The van der Waals surface area contributed by atoms with Crippen LogP contribution in [-0.2, 0) is 53.8 Å². The highest BCUT2D eigenvalue weighted by atomic mass is 16.8. The zero-order valence-corrected chi connectivity index (χ0v) is 35.1. The Bertz CT molecular complexity index is 1900. The molecule has 2 aromatic rings. The van der Waals surface area contributed by atoms with E-state index in [0.29, 0.717) is 11.1 Å². The fraction of sp³-hybridized carbons (Fsp3) is 0.634. The second-order valence-electron chi connectivity index (χ2n) is 15.8. The Morgan fingerprint density at radius 1 is 0.636 bits per heavy atom. The van der Waals surface area contributed by atoms with Gasteiger partial charge in [-0.25, -0.2) is 4.79 Å². The highest BCUT2D eigenvalue weighted by Gasteiger charge is 2.56. The molecule has 4 aliphatic rings. The van der Waals surface area contributed by atoms with Crippen LogP contribution in [0.1, 0.15) is 11.1 Å². The van der Waals surface area contributed by atoms with Gasteiger partial charge in [0.2, 0.25) is 0 Å². The Labute approximate surface area is 375 Å². The van der Waals surface area contributed by atoms with Crippen molar-refractivity contribution in [3.8, 4) is 23.0 Å². The zero-order valence-electron chi connectivity index (χ0n) is 35.1. The maximum Gasteiger partial charge on any atom is 0.331 e. The summed E-state index contributed by atoms with van der Waals surface area (Å²) in [6, 6.07) is 8.04. The maximum atomic E-state index is 13.8. The third-order valence-electron chi connectivity index (χ3n) is 11.3. The molecule has 4 saturated heterocycles. The molecule has 2 aromatic carbocycles. The van der Waals surface area contributed by atoms with Gasteiger partial charge in [0.15, 0.2) is 54.3 Å². The number of aliphatic hydroxyl groups is 11. The molecule has 0 bridgehead atoms. The molecule has 25 heteroatoms. The summed E-state index contributed by atoms with van der Waals surface area (Å²) >= 11 is 0. The van der Waals surface area contributed by atoms with Gasteiger partial charge < -0.3 is 119 Å². The lowest BCUT2D eigenvalue weighted by Gasteiger charge is -2.49. The number of benzene rings is 2. The number of carbonyl (C=O) groups excluding carboxylic acids is 1. The molecule has 370 valence electrons. The van der Waals surface area contributed by atoms with Crippen LogP contribution in [0.3, 0.4) is 0 Å². The Morgan fingerprint density at radius 2 is 1.24 bits per heavy atom. The van der Waals surface area contributed by atoms with Crippen LogP contribution in [0, 0.1) is 0 Å². The number of aromatic hydroxyl groups is 3. The summed E-state index contributed by atoms with van der Waals surface area (Å²) in [6.07, 6.45) is -32.4. The standard InChI is InChI=1S/C41H56O25/c1-57-22-11-16(3-6-19(22)45)4-7-26(48)64-35-25(15-60-38-33(55)30(52)28(50)23(12-42)61-38)63-41(58-9-8-17-2-5-18(44)20(46)10-17)37(66-39-32(54)27(49)21(47)14-59-39)36(35)65-40-34(56)31(53)29(51)24(13-43)62-40/h2-7,10-11,21,23-25,27-47,49-56H,8-9,12-15H2,1H3/b7-4+/t21-,23+,24+,25+,27-,28+,29+,30-,31-,32+,33+,34+,35+,36-,37+,38+,39-,40-,41+/m0/s1.